The highest BCUT2D eigenvalue weighted by molar-refractivity contribution is 7.98. The minimum Gasteiger partial charge on any atom is -0.331 e. The van der Waals surface area contributed by atoms with Crippen molar-refractivity contribution in [3.8, 4) is 0 Å². The predicted molar refractivity (Wildman–Crippen MR) is 88.9 cm³/mol. The van der Waals surface area contributed by atoms with E-state index in [4.69, 9.17) is 4.98 Å². The zero-order chi connectivity index (χ0) is 15.0. The van der Waals surface area contributed by atoms with E-state index in [9.17, 15) is 4.79 Å². The van der Waals surface area contributed by atoms with Gasteiger partial charge < -0.3 is 9.88 Å². The Hall–Kier alpha value is -1.49. The molecule has 1 fully saturated rings. The van der Waals surface area contributed by atoms with Crippen molar-refractivity contribution >= 4 is 34.4 Å². The van der Waals surface area contributed by atoms with Gasteiger partial charge in [-0.3, -0.25) is 4.79 Å². The molecule has 3 rings (SSSR count). The van der Waals surface area contributed by atoms with Gasteiger partial charge in [0, 0.05) is 30.3 Å². The van der Waals surface area contributed by atoms with Crippen LogP contribution in [-0.2, 0) is 11.8 Å². The molecule has 1 saturated carbocycles. The van der Waals surface area contributed by atoms with Crippen LogP contribution < -0.4 is 5.32 Å². The van der Waals surface area contributed by atoms with Gasteiger partial charge in [-0.1, -0.05) is 6.92 Å². The van der Waals surface area contributed by atoms with Crippen molar-refractivity contribution in [3.05, 3.63) is 24.0 Å². The summed E-state index contributed by atoms with van der Waals surface area (Å²) >= 11 is 1.69. The van der Waals surface area contributed by atoms with Crippen molar-refractivity contribution in [1.29, 1.82) is 0 Å². The Balaban J connectivity index is 1.82. The van der Waals surface area contributed by atoms with Crippen LogP contribution in [-0.4, -0.2) is 27.5 Å². The summed E-state index contributed by atoms with van der Waals surface area (Å²) < 4.78 is 2.18. The van der Waals surface area contributed by atoms with Crippen molar-refractivity contribution in [2.75, 3.05) is 17.3 Å². The normalized spacial score (nSPS) is 16.1. The number of fused-ring (bicyclic) bond motifs is 1. The maximum atomic E-state index is 12.1. The Morgan fingerprint density at radius 1 is 1.52 bits per heavy atom. The number of carbonyl (C=O) groups excluding carboxylic acids is 1. The number of hydrogen-bond acceptors (Lipinski definition) is 3. The molecule has 0 saturated heterocycles. The summed E-state index contributed by atoms with van der Waals surface area (Å²) in [6.45, 7) is 1.95. The van der Waals surface area contributed by atoms with E-state index in [0.717, 1.165) is 22.5 Å². The number of thioether (sulfide) groups is 1. The van der Waals surface area contributed by atoms with Gasteiger partial charge >= 0.3 is 0 Å². The van der Waals surface area contributed by atoms with Crippen LogP contribution in [0.2, 0.25) is 0 Å². The fourth-order valence-corrected chi connectivity index (χ4v) is 3.25. The summed E-state index contributed by atoms with van der Waals surface area (Å²) in [6, 6.07) is 5.98. The van der Waals surface area contributed by atoms with E-state index in [1.807, 2.05) is 31.4 Å². The van der Waals surface area contributed by atoms with E-state index in [1.54, 1.807) is 11.8 Å². The van der Waals surface area contributed by atoms with Gasteiger partial charge in [0.2, 0.25) is 5.91 Å². The molecule has 112 valence electrons. The summed E-state index contributed by atoms with van der Waals surface area (Å²) in [5.41, 5.74) is 2.93. The molecule has 21 heavy (non-hydrogen) atoms. The van der Waals surface area contributed by atoms with E-state index >= 15 is 0 Å². The molecule has 1 aromatic carbocycles. The average Bonchev–Trinajstić information content (AvgIpc) is 3.24. The highest BCUT2D eigenvalue weighted by Gasteiger charge is 2.28. The third-order valence-electron chi connectivity index (χ3n) is 3.99. The number of nitrogens with one attached hydrogen (secondary N) is 1. The highest BCUT2D eigenvalue weighted by atomic mass is 32.2. The number of aryl methyl sites for hydroxylation is 1. The van der Waals surface area contributed by atoms with Crippen LogP contribution in [0.15, 0.2) is 18.2 Å². The quantitative estimate of drug-likeness (QED) is 0.921. The third-order valence-corrected chi connectivity index (χ3v) is 4.82. The zero-order valence-corrected chi connectivity index (χ0v) is 13.5. The first kappa shape index (κ1) is 14.4. The van der Waals surface area contributed by atoms with E-state index in [2.05, 4.69) is 16.9 Å². The predicted octanol–water partition coefficient (Wildman–Crippen LogP) is 3.39. The second-order valence-corrected chi connectivity index (χ2v) is 6.76. The van der Waals surface area contributed by atoms with E-state index in [1.165, 1.54) is 18.7 Å². The van der Waals surface area contributed by atoms with Crippen molar-refractivity contribution < 1.29 is 4.79 Å². The molecule has 0 spiro atoms. The van der Waals surface area contributed by atoms with Crippen molar-refractivity contribution in [2.24, 2.45) is 13.0 Å². The number of aromatic nitrogens is 2. The fraction of sp³-hybridized carbons (Fsp3) is 0.500. The lowest BCUT2D eigenvalue weighted by Gasteiger charge is -2.10. The lowest BCUT2D eigenvalue weighted by Crippen LogP contribution is -2.21. The SMILES string of the molecule is CSC[C@H](C)C(=O)Nc1ccc2c(c1)nc(C1CC1)n2C. The topological polar surface area (TPSA) is 46.9 Å². The molecule has 0 unspecified atom stereocenters. The van der Waals surface area contributed by atoms with Crippen molar-refractivity contribution in [2.45, 2.75) is 25.7 Å². The van der Waals surface area contributed by atoms with Gasteiger partial charge in [-0.15, -0.1) is 0 Å². The standard InChI is InChI=1S/C16H21N3OS/c1-10(9-21-3)16(20)17-12-6-7-14-13(8-12)18-15(19(14)2)11-4-5-11/h6-8,10-11H,4-5,9H2,1-3H3,(H,17,20)/t10-/m0/s1. The van der Waals surface area contributed by atoms with Crippen LogP contribution in [0.3, 0.4) is 0 Å². The van der Waals surface area contributed by atoms with Crippen LogP contribution in [0, 0.1) is 5.92 Å². The molecule has 1 amide bonds. The molecule has 0 aliphatic heterocycles. The molecule has 1 N–H and O–H groups in total. The van der Waals surface area contributed by atoms with Gasteiger partial charge in [0.25, 0.3) is 0 Å². The second kappa shape index (κ2) is 5.72. The van der Waals surface area contributed by atoms with Gasteiger partial charge in [-0.05, 0) is 37.3 Å². The number of nitrogens with zero attached hydrogens (tertiary/aromatic N) is 2. The van der Waals surface area contributed by atoms with Gasteiger partial charge in [-0.2, -0.15) is 11.8 Å². The monoisotopic (exact) mass is 303 g/mol. The summed E-state index contributed by atoms with van der Waals surface area (Å²) in [5, 5.41) is 2.99. The van der Waals surface area contributed by atoms with Crippen LogP contribution in [0.5, 0.6) is 0 Å². The molecule has 0 bridgehead atoms. The van der Waals surface area contributed by atoms with Crippen molar-refractivity contribution in [1.82, 2.24) is 9.55 Å². The molecule has 1 aliphatic rings. The first-order valence-corrected chi connectivity index (χ1v) is 8.75. The molecule has 0 radical (unpaired) electrons. The molecule has 2 aromatic rings. The van der Waals surface area contributed by atoms with Gasteiger partial charge in [0.05, 0.1) is 11.0 Å². The number of anilines is 1. The number of carbonyl (C=O) groups is 1. The highest BCUT2D eigenvalue weighted by Crippen LogP contribution is 2.40. The van der Waals surface area contributed by atoms with E-state index in [-0.39, 0.29) is 11.8 Å². The lowest BCUT2D eigenvalue weighted by molar-refractivity contribution is -0.118. The number of rotatable bonds is 5. The molecule has 5 heteroatoms. The number of imidazole rings is 1. The van der Waals surface area contributed by atoms with Gasteiger partial charge in [0.1, 0.15) is 5.82 Å². The maximum Gasteiger partial charge on any atom is 0.228 e. The lowest BCUT2D eigenvalue weighted by atomic mass is 10.2. The summed E-state index contributed by atoms with van der Waals surface area (Å²) in [4.78, 5) is 16.8. The molecule has 1 atom stereocenters. The largest absolute Gasteiger partial charge is 0.331 e. The Labute approximate surface area is 129 Å². The minimum absolute atomic E-state index is 0.0152. The Morgan fingerprint density at radius 2 is 2.29 bits per heavy atom. The molecular weight excluding hydrogens is 282 g/mol. The van der Waals surface area contributed by atoms with E-state index < -0.39 is 0 Å². The van der Waals surface area contributed by atoms with Crippen LogP contribution >= 0.6 is 11.8 Å². The number of benzene rings is 1. The second-order valence-electron chi connectivity index (χ2n) is 5.85. The van der Waals surface area contributed by atoms with Gasteiger partial charge in [0.15, 0.2) is 0 Å². The molecule has 1 aromatic heterocycles. The molecular formula is C16H21N3OS. The Morgan fingerprint density at radius 3 is 2.95 bits per heavy atom. The smallest absolute Gasteiger partial charge is 0.228 e. The molecule has 1 heterocycles. The average molecular weight is 303 g/mol. The minimum atomic E-state index is 0.0152. The van der Waals surface area contributed by atoms with Crippen LogP contribution in [0.25, 0.3) is 11.0 Å². The fourth-order valence-electron chi connectivity index (χ4n) is 2.59. The van der Waals surface area contributed by atoms with Crippen LogP contribution in [0.4, 0.5) is 5.69 Å². The number of hydrogen-bond donors (Lipinski definition) is 1. The zero-order valence-electron chi connectivity index (χ0n) is 12.7. The van der Waals surface area contributed by atoms with Crippen LogP contribution in [0.1, 0.15) is 31.5 Å². The Bertz CT molecular complexity index is 675. The first-order chi connectivity index (χ1) is 10.1. The maximum absolute atomic E-state index is 12.1. The summed E-state index contributed by atoms with van der Waals surface area (Å²) in [7, 11) is 2.07. The van der Waals surface area contributed by atoms with E-state index in [0.29, 0.717) is 5.92 Å². The van der Waals surface area contributed by atoms with Gasteiger partial charge in [-0.25, -0.2) is 4.98 Å². The van der Waals surface area contributed by atoms with Crippen molar-refractivity contribution in [3.63, 3.8) is 0 Å². The number of amides is 1. The third kappa shape index (κ3) is 2.93. The molecule has 1 aliphatic carbocycles. The summed E-state index contributed by atoms with van der Waals surface area (Å²) in [5.74, 6) is 2.72. The summed E-state index contributed by atoms with van der Waals surface area (Å²) in [6.07, 6.45) is 4.50. The molecule has 4 nitrogen and oxygen atoms in total. The Kier molecular flexibility index (Phi) is 3.93. The first-order valence-electron chi connectivity index (χ1n) is 7.36.